The number of hydrogen-bond acceptors (Lipinski definition) is 4. The van der Waals surface area contributed by atoms with Gasteiger partial charge in [-0.2, -0.15) is 5.10 Å². The van der Waals surface area contributed by atoms with Crippen LogP contribution < -0.4 is 0 Å². The second-order valence-corrected chi connectivity index (χ2v) is 4.30. The molecule has 2 aromatic heterocycles. The second-order valence-electron chi connectivity index (χ2n) is 3.86. The van der Waals surface area contributed by atoms with Crippen LogP contribution in [0.3, 0.4) is 0 Å². The maximum absolute atomic E-state index is 12.0. The number of nitrogens with zero attached hydrogens (tertiary/aromatic N) is 4. The fraction of sp³-hybridized carbons (Fsp3) is 0.273. The van der Waals surface area contributed by atoms with Gasteiger partial charge in [0.05, 0.1) is 11.6 Å². The molecule has 1 amide bonds. The molecule has 0 bridgehead atoms. The highest BCUT2D eigenvalue weighted by Crippen LogP contribution is 2.08. The normalized spacial score (nSPS) is 10.4. The molecule has 18 heavy (non-hydrogen) atoms. The van der Waals surface area contributed by atoms with E-state index >= 15 is 0 Å². The number of rotatable bonds is 3. The number of halogens is 1. The lowest BCUT2D eigenvalue weighted by Crippen LogP contribution is -2.27. The predicted molar refractivity (Wildman–Crippen MR) is 66.2 cm³/mol. The summed E-state index contributed by atoms with van der Waals surface area (Å²) in [6.45, 7) is 2.13. The average Bonchev–Trinajstić information content (AvgIpc) is 2.75. The fourth-order valence-corrected chi connectivity index (χ4v) is 1.55. The molecule has 0 spiro atoms. The molecule has 0 aromatic carbocycles. The van der Waals surface area contributed by atoms with Gasteiger partial charge >= 0.3 is 0 Å². The number of nitrogens with one attached hydrogen (secondary N) is 1. The van der Waals surface area contributed by atoms with E-state index in [1.54, 1.807) is 26.1 Å². The smallest absolute Gasteiger partial charge is 0.272 e. The van der Waals surface area contributed by atoms with Crippen molar-refractivity contribution in [1.29, 1.82) is 0 Å². The lowest BCUT2D eigenvalue weighted by molar-refractivity contribution is 0.0776. The molecule has 6 nitrogen and oxygen atoms in total. The van der Waals surface area contributed by atoms with Crippen LogP contribution in [0.2, 0.25) is 5.02 Å². The van der Waals surface area contributed by atoms with Crippen LogP contribution >= 0.6 is 11.6 Å². The summed E-state index contributed by atoms with van der Waals surface area (Å²) in [6.07, 6.45) is 1.44. The first-order valence-corrected chi connectivity index (χ1v) is 5.69. The molecule has 0 unspecified atom stereocenters. The molecule has 0 saturated heterocycles. The number of pyridine rings is 1. The largest absolute Gasteiger partial charge is 0.333 e. The standard InChI is InChI=1S/C11H12ClN5O/c1-7-14-10(16-15-7)6-17(2)11(18)9-4-3-8(12)5-13-9/h3-5H,6H2,1-2H3,(H,14,15,16). The van der Waals surface area contributed by atoms with E-state index in [1.807, 2.05) is 0 Å². The van der Waals surface area contributed by atoms with E-state index in [2.05, 4.69) is 20.2 Å². The summed E-state index contributed by atoms with van der Waals surface area (Å²) in [4.78, 5) is 21.6. The van der Waals surface area contributed by atoms with E-state index in [4.69, 9.17) is 11.6 Å². The van der Waals surface area contributed by atoms with Gasteiger partial charge in [0, 0.05) is 13.2 Å². The fourth-order valence-electron chi connectivity index (χ4n) is 1.44. The van der Waals surface area contributed by atoms with Crippen molar-refractivity contribution in [1.82, 2.24) is 25.1 Å². The van der Waals surface area contributed by atoms with Gasteiger partial charge in [-0.05, 0) is 19.1 Å². The summed E-state index contributed by atoms with van der Waals surface area (Å²) < 4.78 is 0. The Kier molecular flexibility index (Phi) is 3.57. The Morgan fingerprint density at radius 2 is 2.28 bits per heavy atom. The first kappa shape index (κ1) is 12.5. The van der Waals surface area contributed by atoms with Gasteiger partial charge in [-0.25, -0.2) is 9.97 Å². The van der Waals surface area contributed by atoms with Crippen molar-refractivity contribution in [2.24, 2.45) is 0 Å². The Hall–Kier alpha value is -1.95. The van der Waals surface area contributed by atoms with Crippen molar-refractivity contribution in [3.8, 4) is 0 Å². The second kappa shape index (κ2) is 5.14. The van der Waals surface area contributed by atoms with Gasteiger partial charge in [-0.1, -0.05) is 11.6 Å². The summed E-state index contributed by atoms with van der Waals surface area (Å²) in [6, 6.07) is 3.22. The van der Waals surface area contributed by atoms with Crippen molar-refractivity contribution in [2.45, 2.75) is 13.5 Å². The van der Waals surface area contributed by atoms with Crippen LogP contribution in [0, 0.1) is 6.92 Å². The highest BCUT2D eigenvalue weighted by molar-refractivity contribution is 6.30. The van der Waals surface area contributed by atoms with Crippen LogP contribution in [0.15, 0.2) is 18.3 Å². The van der Waals surface area contributed by atoms with E-state index in [0.717, 1.165) is 5.82 Å². The van der Waals surface area contributed by atoms with E-state index in [9.17, 15) is 4.79 Å². The number of hydrogen-bond donors (Lipinski definition) is 1. The van der Waals surface area contributed by atoms with Crippen LogP contribution in [0.1, 0.15) is 22.1 Å². The lowest BCUT2D eigenvalue weighted by atomic mass is 10.3. The zero-order valence-electron chi connectivity index (χ0n) is 10.0. The number of aryl methyl sites for hydroxylation is 1. The summed E-state index contributed by atoms with van der Waals surface area (Å²) in [5, 5.41) is 7.20. The van der Waals surface area contributed by atoms with Gasteiger partial charge in [0.2, 0.25) is 0 Å². The van der Waals surface area contributed by atoms with Crippen LogP contribution in [-0.4, -0.2) is 38.0 Å². The molecule has 2 rings (SSSR count). The highest BCUT2D eigenvalue weighted by atomic mass is 35.5. The molecular weight excluding hydrogens is 254 g/mol. The topological polar surface area (TPSA) is 74.8 Å². The third kappa shape index (κ3) is 2.84. The molecule has 0 aliphatic carbocycles. The Morgan fingerprint density at radius 3 is 2.83 bits per heavy atom. The Bertz CT molecular complexity index is 551. The zero-order valence-corrected chi connectivity index (χ0v) is 10.8. The molecule has 1 N–H and O–H groups in total. The maximum Gasteiger partial charge on any atom is 0.272 e. The molecule has 0 saturated carbocycles. The minimum absolute atomic E-state index is 0.200. The molecule has 0 fully saturated rings. The van der Waals surface area contributed by atoms with Gasteiger partial charge in [0.25, 0.3) is 5.91 Å². The van der Waals surface area contributed by atoms with Gasteiger partial charge in [-0.3, -0.25) is 9.89 Å². The highest BCUT2D eigenvalue weighted by Gasteiger charge is 2.14. The third-order valence-electron chi connectivity index (χ3n) is 2.32. The predicted octanol–water partition coefficient (Wildman–Crippen LogP) is 1.43. The molecule has 0 radical (unpaired) electrons. The third-order valence-corrected chi connectivity index (χ3v) is 2.54. The Balaban J connectivity index is 2.07. The number of carbonyl (C=O) groups is 1. The van der Waals surface area contributed by atoms with Crippen LogP contribution in [0.25, 0.3) is 0 Å². The molecular formula is C11H12ClN5O. The average molecular weight is 266 g/mol. The molecule has 2 aromatic rings. The van der Waals surface area contributed by atoms with E-state index in [-0.39, 0.29) is 5.91 Å². The molecule has 7 heteroatoms. The van der Waals surface area contributed by atoms with Gasteiger partial charge < -0.3 is 4.90 Å². The van der Waals surface area contributed by atoms with Crippen molar-refractivity contribution in [3.05, 3.63) is 40.7 Å². The monoisotopic (exact) mass is 265 g/mol. The minimum Gasteiger partial charge on any atom is -0.333 e. The summed E-state index contributed by atoms with van der Waals surface area (Å²) in [5.41, 5.74) is 0.342. The molecule has 0 aliphatic heterocycles. The molecule has 2 heterocycles. The van der Waals surface area contributed by atoms with Crippen molar-refractivity contribution < 1.29 is 4.79 Å². The first-order chi connectivity index (χ1) is 8.56. The van der Waals surface area contributed by atoms with E-state index in [0.29, 0.717) is 23.1 Å². The van der Waals surface area contributed by atoms with E-state index < -0.39 is 0 Å². The van der Waals surface area contributed by atoms with Crippen molar-refractivity contribution >= 4 is 17.5 Å². The number of aromatic nitrogens is 4. The van der Waals surface area contributed by atoms with Gasteiger partial charge in [0.1, 0.15) is 11.5 Å². The first-order valence-electron chi connectivity index (χ1n) is 5.31. The molecule has 0 atom stereocenters. The quantitative estimate of drug-likeness (QED) is 0.911. The summed E-state index contributed by atoms with van der Waals surface area (Å²) in [5.74, 6) is 1.09. The summed E-state index contributed by atoms with van der Waals surface area (Å²) in [7, 11) is 1.67. The SMILES string of the molecule is Cc1nc(CN(C)C(=O)c2ccc(Cl)cn2)n[nH]1. The molecule has 0 aliphatic rings. The van der Waals surface area contributed by atoms with Crippen LogP contribution in [0.4, 0.5) is 0 Å². The molecule has 94 valence electrons. The van der Waals surface area contributed by atoms with Gasteiger partial charge in [0.15, 0.2) is 5.82 Å². The summed E-state index contributed by atoms with van der Waals surface area (Å²) >= 11 is 5.72. The maximum atomic E-state index is 12.0. The Morgan fingerprint density at radius 1 is 1.50 bits per heavy atom. The number of aromatic amines is 1. The van der Waals surface area contributed by atoms with Crippen LogP contribution in [0.5, 0.6) is 0 Å². The number of amides is 1. The Labute approximate surface area is 109 Å². The minimum atomic E-state index is -0.200. The van der Waals surface area contributed by atoms with Crippen LogP contribution in [-0.2, 0) is 6.54 Å². The van der Waals surface area contributed by atoms with Gasteiger partial charge in [-0.15, -0.1) is 0 Å². The number of carbonyl (C=O) groups excluding carboxylic acids is 1. The lowest BCUT2D eigenvalue weighted by Gasteiger charge is -2.14. The van der Waals surface area contributed by atoms with Crippen molar-refractivity contribution in [2.75, 3.05) is 7.05 Å². The van der Waals surface area contributed by atoms with E-state index in [1.165, 1.54) is 11.1 Å². The van der Waals surface area contributed by atoms with Crippen molar-refractivity contribution in [3.63, 3.8) is 0 Å². The number of H-pyrrole nitrogens is 1. The zero-order chi connectivity index (χ0) is 13.1.